The number of anilines is 1. The average molecular weight is 249 g/mol. The number of carbonyl (C=O) groups is 2. The molecule has 1 unspecified atom stereocenters. The van der Waals surface area contributed by atoms with Crippen LogP contribution in [0.1, 0.15) is 41.0 Å². The average Bonchev–Trinajstić information content (AvgIpc) is 2.34. The molecule has 0 fully saturated rings. The van der Waals surface area contributed by atoms with Crippen LogP contribution < -0.4 is 16.8 Å². The van der Waals surface area contributed by atoms with E-state index in [2.05, 4.69) is 19.2 Å². The minimum Gasteiger partial charge on any atom is -0.383 e. The van der Waals surface area contributed by atoms with Crippen LogP contribution in [0, 0.1) is 5.92 Å². The zero-order valence-electron chi connectivity index (χ0n) is 10.7. The Hall–Kier alpha value is -2.04. The topological polar surface area (TPSA) is 98.2 Å². The van der Waals surface area contributed by atoms with Gasteiger partial charge in [0, 0.05) is 6.54 Å². The Balaban J connectivity index is 3.11. The molecule has 0 aliphatic carbocycles. The Labute approximate surface area is 107 Å². The van der Waals surface area contributed by atoms with Crippen molar-refractivity contribution in [2.45, 2.75) is 20.3 Å². The molecule has 18 heavy (non-hydrogen) atoms. The lowest BCUT2D eigenvalue weighted by atomic mass is 10.0. The van der Waals surface area contributed by atoms with Gasteiger partial charge < -0.3 is 16.8 Å². The van der Waals surface area contributed by atoms with Gasteiger partial charge in [0.15, 0.2) is 0 Å². The number of para-hydroxylation sites is 1. The molecule has 0 saturated carbocycles. The quantitative estimate of drug-likeness (QED) is 0.709. The van der Waals surface area contributed by atoms with Gasteiger partial charge in [-0.1, -0.05) is 26.3 Å². The molecule has 1 aromatic carbocycles. The fraction of sp³-hybridized carbons (Fsp3) is 0.385. The second kappa shape index (κ2) is 6.05. The molecule has 1 rings (SSSR count). The van der Waals surface area contributed by atoms with Gasteiger partial charge in [0.25, 0.3) is 11.8 Å². The molecule has 0 aliphatic heterocycles. The first kappa shape index (κ1) is 14.0. The van der Waals surface area contributed by atoms with Crippen molar-refractivity contribution in [3.05, 3.63) is 29.3 Å². The highest BCUT2D eigenvalue weighted by Gasteiger charge is 2.15. The summed E-state index contributed by atoms with van der Waals surface area (Å²) in [6, 6.07) is 4.75. The number of primary amides is 2. The lowest BCUT2D eigenvalue weighted by Crippen LogP contribution is -2.22. The van der Waals surface area contributed by atoms with Crippen LogP contribution in [0.3, 0.4) is 0 Å². The van der Waals surface area contributed by atoms with Crippen LogP contribution in [-0.2, 0) is 0 Å². The lowest BCUT2D eigenvalue weighted by molar-refractivity contribution is 0.0999. The molecule has 0 aliphatic rings. The van der Waals surface area contributed by atoms with Gasteiger partial charge in [-0.15, -0.1) is 0 Å². The van der Waals surface area contributed by atoms with Gasteiger partial charge in [-0.2, -0.15) is 0 Å². The predicted molar refractivity (Wildman–Crippen MR) is 71.4 cm³/mol. The Bertz CT molecular complexity index is 425. The summed E-state index contributed by atoms with van der Waals surface area (Å²) in [5.41, 5.74) is 11.6. The molecule has 5 nitrogen and oxygen atoms in total. The van der Waals surface area contributed by atoms with Crippen LogP contribution in [-0.4, -0.2) is 18.4 Å². The number of nitrogens with two attached hydrogens (primary N) is 2. The number of carbonyl (C=O) groups excluding carboxylic acids is 2. The Morgan fingerprint density at radius 3 is 2.11 bits per heavy atom. The maximum Gasteiger partial charge on any atom is 0.250 e. The van der Waals surface area contributed by atoms with E-state index >= 15 is 0 Å². The number of nitrogens with one attached hydrogen (secondary N) is 1. The summed E-state index contributed by atoms with van der Waals surface area (Å²) in [6.45, 7) is 4.80. The van der Waals surface area contributed by atoms with E-state index in [1.807, 2.05) is 0 Å². The van der Waals surface area contributed by atoms with Crippen molar-refractivity contribution in [1.29, 1.82) is 0 Å². The van der Waals surface area contributed by atoms with E-state index in [0.717, 1.165) is 6.42 Å². The number of amides is 2. The molecule has 5 N–H and O–H groups in total. The first-order valence-electron chi connectivity index (χ1n) is 5.93. The highest BCUT2D eigenvalue weighted by atomic mass is 16.1. The van der Waals surface area contributed by atoms with Crippen molar-refractivity contribution < 1.29 is 9.59 Å². The van der Waals surface area contributed by atoms with Crippen molar-refractivity contribution in [2.24, 2.45) is 17.4 Å². The van der Waals surface area contributed by atoms with Crippen molar-refractivity contribution in [3.63, 3.8) is 0 Å². The fourth-order valence-corrected chi connectivity index (χ4v) is 1.57. The molecule has 1 atom stereocenters. The van der Waals surface area contributed by atoms with Gasteiger partial charge >= 0.3 is 0 Å². The zero-order valence-corrected chi connectivity index (χ0v) is 10.7. The summed E-state index contributed by atoms with van der Waals surface area (Å²) in [5, 5.41) is 3.09. The predicted octanol–water partition coefficient (Wildman–Crippen LogP) is 1.34. The van der Waals surface area contributed by atoms with Crippen LogP contribution in [0.2, 0.25) is 0 Å². The minimum absolute atomic E-state index is 0.287. The van der Waals surface area contributed by atoms with Gasteiger partial charge in [0.1, 0.15) is 0 Å². The normalized spacial score (nSPS) is 11.9. The summed E-state index contributed by atoms with van der Waals surface area (Å²) >= 11 is 0. The summed E-state index contributed by atoms with van der Waals surface area (Å²) in [6.07, 6.45) is 0.998. The first-order chi connectivity index (χ1) is 8.47. The number of rotatable bonds is 6. The van der Waals surface area contributed by atoms with E-state index in [0.29, 0.717) is 18.2 Å². The monoisotopic (exact) mass is 249 g/mol. The van der Waals surface area contributed by atoms with Crippen LogP contribution in [0.5, 0.6) is 0 Å². The minimum atomic E-state index is -0.579. The molecule has 0 heterocycles. The van der Waals surface area contributed by atoms with E-state index in [1.54, 1.807) is 18.2 Å². The molecule has 5 heteroatoms. The van der Waals surface area contributed by atoms with Gasteiger partial charge in [-0.25, -0.2) is 0 Å². The first-order valence-corrected chi connectivity index (χ1v) is 5.93. The maximum atomic E-state index is 11.3. The van der Waals surface area contributed by atoms with E-state index in [1.165, 1.54) is 0 Å². The Kier molecular flexibility index (Phi) is 4.71. The molecule has 0 bridgehead atoms. The highest BCUT2D eigenvalue weighted by molar-refractivity contribution is 6.06. The van der Waals surface area contributed by atoms with Crippen LogP contribution in [0.25, 0.3) is 0 Å². The summed E-state index contributed by atoms with van der Waals surface area (Å²) in [4.78, 5) is 22.7. The molecule has 2 amide bonds. The van der Waals surface area contributed by atoms with E-state index < -0.39 is 11.8 Å². The standard InChI is InChI=1S/C13H19N3O2/c1-3-8(2)7-16-11-9(12(14)17)5-4-6-10(11)13(15)18/h4-6,8,16H,3,7H2,1-2H3,(H2,14,17)(H2,15,18). The van der Waals surface area contributed by atoms with Crippen molar-refractivity contribution in [3.8, 4) is 0 Å². The smallest absolute Gasteiger partial charge is 0.250 e. The summed E-state index contributed by atoms with van der Waals surface area (Å²) in [7, 11) is 0. The Morgan fingerprint density at radius 1 is 1.22 bits per heavy atom. The largest absolute Gasteiger partial charge is 0.383 e. The van der Waals surface area contributed by atoms with Crippen molar-refractivity contribution in [1.82, 2.24) is 0 Å². The van der Waals surface area contributed by atoms with Crippen LogP contribution in [0.15, 0.2) is 18.2 Å². The molecular weight excluding hydrogens is 230 g/mol. The molecule has 0 aromatic heterocycles. The van der Waals surface area contributed by atoms with Crippen LogP contribution in [0.4, 0.5) is 5.69 Å². The van der Waals surface area contributed by atoms with Crippen molar-refractivity contribution >= 4 is 17.5 Å². The van der Waals surface area contributed by atoms with Gasteiger partial charge in [0.2, 0.25) is 0 Å². The summed E-state index contributed by atoms with van der Waals surface area (Å²) < 4.78 is 0. The number of hydrogen-bond donors (Lipinski definition) is 3. The van der Waals surface area contributed by atoms with E-state index in [9.17, 15) is 9.59 Å². The zero-order chi connectivity index (χ0) is 13.7. The van der Waals surface area contributed by atoms with Gasteiger partial charge in [-0.3, -0.25) is 9.59 Å². The molecule has 0 spiro atoms. The third-order valence-electron chi connectivity index (χ3n) is 2.92. The van der Waals surface area contributed by atoms with Crippen molar-refractivity contribution in [2.75, 3.05) is 11.9 Å². The number of hydrogen-bond acceptors (Lipinski definition) is 3. The maximum absolute atomic E-state index is 11.3. The van der Waals surface area contributed by atoms with E-state index in [4.69, 9.17) is 11.5 Å². The molecule has 98 valence electrons. The van der Waals surface area contributed by atoms with Gasteiger partial charge in [-0.05, 0) is 18.1 Å². The third-order valence-corrected chi connectivity index (χ3v) is 2.92. The molecule has 0 saturated heterocycles. The fourth-order valence-electron chi connectivity index (χ4n) is 1.57. The Morgan fingerprint density at radius 2 is 1.72 bits per heavy atom. The van der Waals surface area contributed by atoms with E-state index in [-0.39, 0.29) is 11.1 Å². The summed E-state index contributed by atoms with van der Waals surface area (Å²) in [5.74, 6) is -0.735. The van der Waals surface area contributed by atoms with Crippen LogP contribution >= 0.6 is 0 Å². The number of benzene rings is 1. The SMILES string of the molecule is CCC(C)CNc1c(C(N)=O)cccc1C(N)=O. The molecule has 0 radical (unpaired) electrons. The lowest BCUT2D eigenvalue weighted by Gasteiger charge is -2.16. The highest BCUT2D eigenvalue weighted by Crippen LogP contribution is 2.21. The molecular formula is C13H19N3O2. The second-order valence-electron chi connectivity index (χ2n) is 4.35. The molecule has 1 aromatic rings. The second-order valence-corrected chi connectivity index (χ2v) is 4.35. The van der Waals surface area contributed by atoms with Gasteiger partial charge in [0.05, 0.1) is 16.8 Å². The third kappa shape index (κ3) is 3.23.